The maximum atomic E-state index is 13.2. The van der Waals surface area contributed by atoms with Crippen molar-refractivity contribution in [1.82, 2.24) is 19.4 Å². The van der Waals surface area contributed by atoms with Crippen molar-refractivity contribution < 1.29 is 22.8 Å². The van der Waals surface area contributed by atoms with Crippen molar-refractivity contribution in [2.75, 3.05) is 42.7 Å². The molecule has 3 rings (SSSR count). The van der Waals surface area contributed by atoms with Crippen LogP contribution in [0.2, 0.25) is 0 Å². The van der Waals surface area contributed by atoms with Crippen LogP contribution in [0, 0.1) is 23.2 Å². The second kappa shape index (κ2) is 10.2. The molecule has 0 amide bonds. The van der Waals surface area contributed by atoms with Crippen LogP contribution >= 0.6 is 0 Å². The van der Waals surface area contributed by atoms with Crippen molar-refractivity contribution in [3.05, 3.63) is 20.8 Å². The molecule has 1 unspecified atom stereocenters. The van der Waals surface area contributed by atoms with Crippen molar-refractivity contribution in [2.45, 2.75) is 38.8 Å². The van der Waals surface area contributed by atoms with Gasteiger partial charge in [-0.3, -0.25) is 18.8 Å². The maximum absolute atomic E-state index is 13.2. The molecule has 1 N–H and O–H groups in total. The summed E-state index contributed by atoms with van der Waals surface area (Å²) in [6.45, 7) is 3.18. The zero-order chi connectivity index (χ0) is 25.0. The van der Waals surface area contributed by atoms with E-state index in [1.807, 2.05) is 6.07 Å². The first kappa shape index (κ1) is 25.1. The lowest BCUT2D eigenvalue weighted by Gasteiger charge is -2.40. The van der Waals surface area contributed by atoms with E-state index in [1.165, 1.54) is 11.9 Å². The lowest BCUT2D eigenvalue weighted by molar-refractivity contribution is -0.203. The molecule has 0 radical (unpaired) electrons. The zero-order valence-electron chi connectivity index (χ0n) is 18.7. The number of fused-ring (bicyclic) bond motifs is 1. The van der Waals surface area contributed by atoms with Crippen LogP contribution in [-0.2, 0) is 23.2 Å². The van der Waals surface area contributed by atoms with Crippen LogP contribution in [0.1, 0.15) is 19.8 Å². The summed E-state index contributed by atoms with van der Waals surface area (Å²) in [5.41, 5.74) is -1.68. The molecule has 0 aliphatic carbocycles. The van der Waals surface area contributed by atoms with Crippen LogP contribution in [-0.4, -0.2) is 65.2 Å². The molecule has 0 saturated carbocycles. The highest BCUT2D eigenvalue weighted by atomic mass is 19.4. The predicted molar refractivity (Wildman–Crippen MR) is 114 cm³/mol. The van der Waals surface area contributed by atoms with Gasteiger partial charge in [0.05, 0.1) is 12.6 Å². The molecule has 1 saturated heterocycles. The van der Waals surface area contributed by atoms with Gasteiger partial charge in [-0.05, 0) is 13.3 Å². The van der Waals surface area contributed by atoms with E-state index in [0.29, 0.717) is 31.2 Å². The highest BCUT2D eigenvalue weighted by Crippen LogP contribution is 2.38. The Balaban J connectivity index is 2.26. The monoisotopic (exact) mass is 483 g/mol. The van der Waals surface area contributed by atoms with Crippen molar-refractivity contribution in [1.29, 1.82) is 5.26 Å². The molecule has 1 fully saturated rings. The van der Waals surface area contributed by atoms with E-state index < -0.39 is 29.7 Å². The second-order valence-electron chi connectivity index (χ2n) is 7.62. The lowest BCUT2D eigenvalue weighted by atomic mass is 10.3. The maximum Gasteiger partial charge on any atom is 0.493 e. The van der Waals surface area contributed by atoms with Crippen molar-refractivity contribution in [2.24, 2.45) is 7.05 Å². The van der Waals surface area contributed by atoms with Gasteiger partial charge in [0.1, 0.15) is 0 Å². The molecule has 2 aliphatic heterocycles. The first-order chi connectivity index (χ1) is 16.1. The summed E-state index contributed by atoms with van der Waals surface area (Å²) < 4.78 is 41.5. The van der Waals surface area contributed by atoms with E-state index in [1.54, 1.807) is 11.8 Å². The summed E-state index contributed by atoms with van der Waals surface area (Å²) in [6.07, 6.45) is -6.19. The number of hydrogen-bond donors (Lipinski definition) is 1. The third-order valence-corrected chi connectivity index (χ3v) is 5.46. The summed E-state index contributed by atoms with van der Waals surface area (Å²) >= 11 is 0. The fourth-order valence-corrected chi connectivity index (χ4v) is 3.90. The number of anilines is 2. The Morgan fingerprint density at radius 2 is 1.94 bits per heavy atom. The summed E-state index contributed by atoms with van der Waals surface area (Å²) in [4.78, 5) is 46.0. The summed E-state index contributed by atoms with van der Waals surface area (Å²) in [5, 5.41) is 12.7. The second-order valence-corrected chi connectivity index (χ2v) is 7.62. The van der Waals surface area contributed by atoms with Crippen molar-refractivity contribution >= 4 is 17.5 Å². The number of rotatable bonds is 6. The SMILES string of the molecule is CC#CCN1c2c(n(CCCC#N)c(=O)n(C)c2=O)N(OC(=O)C(F)(F)F)C1N1CCNCC1. The van der Waals surface area contributed by atoms with Gasteiger partial charge in [0.25, 0.3) is 5.56 Å². The van der Waals surface area contributed by atoms with Gasteiger partial charge in [-0.2, -0.15) is 18.4 Å². The Hall–Kier alpha value is -3.49. The quantitative estimate of drug-likeness (QED) is 0.431. The largest absolute Gasteiger partial charge is 0.493 e. The number of nitrogens with one attached hydrogen (secondary N) is 1. The highest BCUT2D eigenvalue weighted by Gasteiger charge is 2.50. The Morgan fingerprint density at radius 1 is 1.26 bits per heavy atom. The minimum Gasteiger partial charge on any atom is -0.327 e. The molecule has 11 nitrogen and oxygen atoms in total. The molecule has 1 atom stereocenters. The highest BCUT2D eigenvalue weighted by molar-refractivity contribution is 5.80. The van der Waals surface area contributed by atoms with Crippen LogP contribution < -0.4 is 26.5 Å². The number of halogens is 3. The molecule has 0 aromatic carbocycles. The normalized spacial score (nSPS) is 18.2. The number of hydrogen-bond acceptors (Lipinski definition) is 9. The average Bonchev–Trinajstić information content (AvgIpc) is 3.12. The van der Waals surface area contributed by atoms with Gasteiger partial charge in [-0.1, -0.05) is 5.92 Å². The van der Waals surface area contributed by atoms with E-state index in [-0.39, 0.29) is 37.4 Å². The minimum atomic E-state index is -5.31. The number of nitriles is 1. The van der Waals surface area contributed by atoms with E-state index in [9.17, 15) is 27.6 Å². The molecule has 14 heteroatoms. The van der Waals surface area contributed by atoms with Crippen molar-refractivity contribution in [3.8, 4) is 17.9 Å². The summed E-state index contributed by atoms with van der Waals surface area (Å²) in [5.74, 6) is 2.73. The van der Waals surface area contributed by atoms with Gasteiger partial charge < -0.3 is 15.1 Å². The number of nitrogens with zero attached hydrogens (tertiary/aromatic N) is 6. The standard InChI is InChI=1S/C20H24F3N7O4/c1-3-4-10-28-14-15(29(11-6-5-7-24)19(33)26(2)16(14)31)30(34-17(32)20(21,22)23)18(28)27-12-8-25-9-13-27/h18,25H,5-6,8-13H2,1-2H3. The molecule has 1 aromatic heterocycles. The lowest BCUT2D eigenvalue weighted by Crippen LogP contribution is -2.61. The molecular formula is C20H24F3N7O4. The summed E-state index contributed by atoms with van der Waals surface area (Å²) in [6, 6.07) is 1.94. The van der Waals surface area contributed by atoms with Crippen LogP contribution in [0.4, 0.5) is 24.7 Å². The van der Waals surface area contributed by atoms with Gasteiger partial charge in [-0.25, -0.2) is 9.59 Å². The van der Waals surface area contributed by atoms with Gasteiger partial charge in [0.15, 0.2) is 17.8 Å². The Bertz CT molecular complexity index is 1150. The van der Waals surface area contributed by atoms with E-state index >= 15 is 0 Å². The molecular weight excluding hydrogens is 459 g/mol. The Kier molecular flexibility index (Phi) is 7.54. The third kappa shape index (κ3) is 4.73. The molecule has 3 heterocycles. The first-order valence-corrected chi connectivity index (χ1v) is 10.5. The van der Waals surface area contributed by atoms with Gasteiger partial charge >= 0.3 is 17.8 Å². The molecule has 0 spiro atoms. The minimum absolute atomic E-state index is 0.0657. The van der Waals surface area contributed by atoms with Gasteiger partial charge in [-0.15, -0.1) is 11.0 Å². The average molecular weight is 483 g/mol. The molecule has 184 valence electrons. The smallest absolute Gasteiger partial charge is 0.327 e. The van der Waals surface area contributed by atoms with Crippen LogP contribution in [0.15, 0.2) is 9.59 Å². The number of unbranched alkanes of at least 4 members (excludes halogenated alkanes) is 1. The summed E-state index contributed by atoms with van der Waals surface area (Å²) in [7, 11) is 1.25. The first-order valence-electron chi connectivity index (χ1n) is 10.5. The number of carbonyl (C=O) groups excluding carboxylic acids is 1. The number of alkyl halides is 3. The topological polar surface area (TPSA) is 116 Å². The number of hydroxylamine groups is 1. The van der Waals surface area contributed by atoms with E-state index in [2.05, 4.69) is 17.2 Å². The van der Waals surface area contributed by atoms with Crippen LogP contribution in [0.25, 0.3) is 0 Å². The number of aromatic nitrogens is 2. The molecule has 34 heavy (non-hydrogen) atoms. The predicted octanol–water partition coefficient (Wildman–Crippen LogP) is -0.290. The number of carbonyl (C=O) groups is 1. The van der Waals surface area contributed by atoms with E-state index in [4.69, 9.17) is 10.1 Å². The molecule has 2 aliphatic rings. The number of piperazine rings is 1. The van der Waals surface area contributed by atoms with Crippen LogP contribution in [0.5, 0.6) is 0 Å². The zero-order valence-corrected chi connectivity index (χ0v) is 18.7. The Morgan fingerprint density at radius 3 is 2.53 bits per heavy atom. The van der Waals surface area contributed by atoms with Gasteiger partial charge in [0.2, 0.25) is 0 Å². The third-order valence-electron chi connectivity index (χ3n) is 5.46. The van der Waals surface area contributed by atoms with E-state index in [0.717, 1.165) is 9.13 Å². The van der Waals surface area contributed by atoms with Crippen molar-refractivity contribution in [3.63, 3.8) is 0 Å². The van der Waals surface area contributed by atoms with Gasteiger partial charge in [0, 0.05) is 46.2 Å². The molecule has 1 aromatic rings. The fourth-order valence-electron chi connectivity index (χ4n) is 3.90. The fraction of sp³-hybridized carbons (Fsp3) is 0.600. The van der Waals surface area contributed by atoms with Crippen LogP contribution in [0.3, 0.4) is 0 Å². The molecule has 0 bridgehead atoms. The Labute approximate surface area is 192 Å².